The number of benzene rings is 1. The lowest BCUT2D eigenvalue weighted by Crippen LogP contribution is -2.46. The minimum absolute atomic E-state index is 0.450. The van der Waals surface area contributed by atoms with Crippen molar-refractivity contribution >= 4 is 22.7 Å². The van der Waals surface area contributed by atoms with Crippen molar-refractivity contribution in [3.05, 3.63) is 52.6 Å². The van der Waals surface area contributed by atoms with Gasteiger partial charge in [-0.3, -0.25) is 30.3 Å². The maximum atomic E-state index is 11.0. The highest BCUT2D eigenvalue weighted by atomic mass is 16.7. The molecule has 0 radical (unpaired) electrons. The Labute approximate surface area is 115 Å². The largest absolute Gasteiger partial charge is 0.350 e. The Bertz CT molecular complexity index is 634. The average Bonchev–Trinajstić information content (AvgIpc) is 2.36. The summed E-state index contributed by atoms with van der Waals surface area (Å²) in [5, 5.41) is 42.6. The lowest BCUT2D eigenvalue weighted by atomic mass is 10.2. The summed E-state index contributed by atoms with van der Waals surface area (Å²) in [5.74, 6) is 0. The molecule has 0 atom stereocenters. The topological polar surface area (TPSA) is 173 Å². The van der Waals surface area contributed by atoms with Crippen molar-refractivity contribution < 1.29 is 19.8 Å². The lowest BCUT2D eigenvalue weighted by Gasteiger charge is -2.15. The molecule has 13 nitrogen and oxygen atoms in total. The van der Waals surface area contributed by atoms with Crippen molar-refractivity contribution in [1.29, 1.82) is 0 Å². The molecule has 0 aliphatic heterocycles. The zero-order valence-electron chi connectivity index (χ0n) is 10.7. The summed E-state index contributed by atoms with van der Waals surface area (Å²) >= 11 is 0. The molecular weight excluding hydrogens is 294 g/mol. The zero-order chi connectivity index (χ0) is 16.5. The van der Waals surface area contributed by atoms with Crippen LogP contribution in [0.25, 0.3) is 0 Å². The molecule has 0 saturated carbocycles. The second-order valence-corrected chi connectivity index (χ2v) is 4.24. The minimum atomic E-state index is -1.43. The van der Waals surface area contributed by atoms with Gasteiger partial charge in [-0.05, 0) is 4.59 Å². The van der Waals surface area contributed by atoms with Crippen LogP contribution in [0.5, 0.6) is 0 Å². The number of quaternary nitrogens is 1. The number of nitro groups is 4. The molecule has 13 heteroatoms. The van der Waals surface area contributed by atoms with Gasteiger partial charge in [0.1, 0.15) is 26.2 Å². The molecule has 0 amide bonds. The summed E-state index contributed by atoms with van der Waals surface area (Å²) in [4.78, 5) is 40.3. The molecular formula is C8H8N5O8+. The van der Waals surface area contributed by atoms with Gasteiger partial charge in [-0.15, -0.1) is 0 Å². The molecule has 0 aliphatic carbocycles. The van der Waals surface area contributed by atoms with Crippen LogP contribution in [0.4, 0.5) is 22.7 Å². The Hall–Kier alpha value is -3.22. The monoisotopic (exact) mass is 302 g/mol. The second kappa shape index (κ2) is 5.04. The Morgan fingerprint density at radius 2 is 1.19 bits per heavy atom. The van der Waals surface area contributed by atoms with E-state index in [-0.39, 0.29) is 0 Å². The highest BCUT2D eigenvalue weighted by Crippen LogP contribution is 2.42. The fourth-order valence-corrected chi connectivity index (χ4v) is 1.62. The van der Waals surface area contributed by atoms with Crippen molar-refractivity contribution in [2.24, 2.45) is 0 Å². The van der Waals surface area contributed by atoms with Gasteiger partial charge in [0.05, 0.1) is 14.8 Å². The van der Waals surface area contributed by atoms with Crippen LogP contribution in [0.2, 0.25) is 0 Å². The average molecular weight is 302 g/mol. The zero-order valence-corrected chi connectivity index (χ0v) is 10.7. The Balaban J connectivity index is 3.91. The van der Waals surface area contributed by atoms with Crippen molar-refractivity contribution in [3.8, 4) is 0 Å². The molecule has 1 aromatic rings. The Kier molecular flexibility index (Phi) is 3.80. The van der Waals surface area contributed by atoms with Crippen molar-refractivity contribution in [3.63, 3.8) is 0 Å². The van der Waals surface area contributed by atoms with Crippen LogP contribution in [0, 0.1) is 40.5 Å². The van der Waals surface area contributed by atoms with Crippen LogP contribution in [0.3, 0.4) is 0 Å². The number of nitrogens with zero attached hydrogens (tertiary/aromatic N) is 5. The number of nitro benzene ring substituents is 3. The first-order chi connectivity index (χ1) is 9.50. The molecule has 112 valence electrons. The summed E-state index contributed by atoms with van der Waals surface area (Å²) in [6, 6.07) is 0.900. The molecule has 0 spiro atoms. The smallest absolute Gasteiger partial charge is 0.258 e. The number of hydrogen-bond donors (Lipinski definition) is 0. The SMILES string of the molecule is C[N+](C)(c1c([N+](=O)[O-])cc([N+](=O)[O-])cc1[N+](=O)[O-])[N+](=O)[O-]. The molecule has 1 aromatic carbocycles. The number of non-ortho nitro benzene ring substituents is 1. The predicted octanol–water partition coefficient (Wildman–Crippen LogP) is 1.17. The van der Waals surface area contributed by atoms with Crippen LogP contribution < -0.4 is 4.59 Å². The first kappa shape index (κ1) is 15.8. The number of hydrogen-bond acceptors (Lipinski definition) is 8. The van der Waals surface area contributed by atoms with E-state index >= 15 is 0 Å². The molecule has 0 N–H and O–H groups in total. The molecule has 0 bridgehead atoms. The third-order valence-corrected chi connectivity index (χ3v) is 2.61. The highest BCUT2D eigenvalue weighted by Gasteiger charge is 2.48. The van der Waals surface area contributed by atoms with Crippen molar-refractivity contribution in [2.45, 2.75) is 0 Å². The lowest BCUT2D eigenvalue weighted by molar-refractivity contribution is -0.631. The molecule has 21 heavy (non-hydrogen) atoms. The van der Waals surface area contributed by atoms with E-state index in [9.17, 15) is 40.5 Å². The fraction of sp³-hybridized carbons (Fsp3) is 0.250. The van der Waals surface area contributed by atoms with Gasteiger partial charge in [0.15, 0.2) is 0 Å². The van der Waals surface area contributed by atoms with E-state index < -0.39 is 47.1 Å². The van der Waals surface area contributed by atoms with E-state index in [1.165, 1.54) is 0 Å². The van der Waals surface area contributed by atoms with E-state index in [2.05, 4.69) is 0 Å². The second-order valence-electron chi connectivity index (χ2n) is 4.24. The Morgan fingerprint density at radius 3 is 1.43 bits per heavy atom. The third kappa shape index (κ3) is 2.71. The minimum Gasteiger partial charge on any atom is -0.258 e. The highest BCUT2D eigenvalue weighted by molar-refractivity contribution is 5.75. The predicted molar refractivity (Wildman–Crippen MR) is 67.0 cm³/mol. The van der Waals surface area contributed by atoms with Gasteiger partial charge in [-0.2, -0.15) is 0 Å². The molecule has 0 fully saturated rings. The van der Waals surface area contributed by atoms with Crippen molar-refractivity contribution in [1.82, 2.24) is 4.59 Å². The van der Waals surface area contributed by atoms with Crippen LogP contribution in [-0.4, -0.2) is 33.9 Å². The molecule has 0 aromatic heterocycles. The first-order valence-electron chi connectivity index (χ1n) is 5.10. The first-order valence-corrected chi connectivity index (χ1v) is 5.10. The van der Waals surface area contributed by atoms with Crippen molar-refractivity contribution in [2.75, 3.05) is 14.1 Å². The summed E-state index contributed by atoms with van der Waals surface area (Å²) in [5.41, 5.74) is -3.91. The summed E-state index contributed by atoms with van der Waals surface area (Å²) in [6.07, 6.45) is 0. The molecule has 0 heterocycles. The fourth-order valence-electron chi connectivity index (χ4n) is 1.62. The normalized spacial score (nSPS) is 11.0. The Morgan fingerprint density at radius 1 is 0.810 bits per heavy atom. The van der Waals surface area contributed by atoms with E-state index in [1.54, 1.807) is 0 Å². The van der Waals surface area contributed by atoms with Gasteiger partial charge >= 0.3 is 17.1 Å². The van der Waals surface area contributed by atoms with Crippen LogP contribution in [-0.2, 0) is 0 Å². The quantitative estimate of drug-likeness (QED) is 0.442. The van der Waals surface area contributed by atoms with Crippen LogP contribution in [0.15, 0.2) is 12.1 Å². The summed E-state index contributed by atoms with van der Waals surface area (Å²) in [7, 11) is 1.75. The van der Waals surface area contributed by atoms with Gasteiger partial charge in [0, 0.05) is 0 Å². The summed E-state index contributed by atoms with van der Waals surface area (Å²) < 4.78 is -1.43. The molecule has 0 aliphatic rings. The van der Waals surface area contributed by atoms with Crippen LogP contribution >= 0.6 is 0 Å². The van der Waals surface area contributed by atoms with E-state index in [0.29, 0.717) is 12.1 Å². The molecule has 0 unspecified atom stereocenters. The van der Waals surface area contributed by atoms with E-state index in [1.807, 2.05) is 0 Å². The van der Waals surface area contributed by atoms with E-state index in [4.69, 9.17) is 0 Å². The van der Waals surface area contributed by atoms with E-state index in [0.717, 1.165) is 14.1 Å². The maximum Gasteiger partial charge on any atom is 0.350 e. The van der Waals surface area contributed by atoms with Gasteiger partial charge in [-0.25, -0.2) is 10.1 Å². The molecule has 1 rings (SSSR count). The van der Waals surface area contributed by atoms with Crippen LogP contribution in [0.1, 0.15) is 0 Å². The maximum absolute atomic E-state index is 11.0. The standard InChI is InChI=1S/C8H8N5O8/c1-13(2,12(20)21)8-6(10(16)17)3-5(9(14)15)4-7(8)11(18)19/h3-4H,1-2H3/q+1. The van der Waals surface area contributed by atoms with Gasteiger partial charge in [0.25, 0.3) is 5.69 Å². The van der Waals surface area contributed by atoms with Gasteiger partial charge in [-0.1, -0.05) is 0 Å². The number of rotatable bonds is 5. The van der Waals surface area contributed by atoms with Gasteiger partial charge in [0.2, 0.25) is 5.03 Å². The molecule has 0 saturated heterocycles. The summed E-state index contributed by atoms with van der Waals surface area (Å²) in [6.45, 7) is 0. The third-order valence-electron chi connectivity index (χ3n) is 2.61. The van der Waals surface area contributed by atoms with Gasteiger partial charge < -0.3 is 0 Å².